The van der Waals surface area contributed by atoms with Crippen molar-refractivity contribution in [1.82, 2.24) is 5.32 Å². The zero-order valence-corrected chi connectivity index (χ0v) is 11.7. The SMILES string of the molecule is CSC(=Nc1cc(C)ccc1SC(F)(F)F)NC#N. The topological polar surface area (TPSA) is 48.2 Å². The molecular formula is C11H10F3N3S2. The Hall–Kier alpha value is -1.33. The number of alkyl halides is 3. The number of nitriles is 1. The average molecular weight is 305 g/mol. The quantitative estimate of drug-likeness (QED) is 0.295. The summed E-state index contributed by atoms with van der Waals surface area (Å²) in [6.45, 7) is 1.76. The number of halogens is 3. The van der Waals surface area contributed by atoms with Gasteiger partial charge in [-0.15, -0.1) is 0 Å². The molecule has 1 aromatic carbocycles. The van der Waals surface area contributed by atoms with Gasteiger partial charge in [0.2, 0.25) is 0 Å². The summed E-state index contributed by atoms with van der Waals surface area (Å²) in [5.74, 6) is 0. The third-order valence-corrected chi connectivity index (χ3v) is 3.29. The van der Waals surface area contributed by atoms with Gasteiger partial charge >= 0.3 is 5.51 Å². The Balaban J connectivity index is 3.17. The molecule has 0 aliphatic carbocycles. The Labute approximate surface area is 117 Å². The molecule has 0 fully saturated rings. The first-order valence-corrected chi connectivity index (χ1v) is 7.04. The minimum atomic E-state index is -4.37. The summed E-state index contributed by atoms with van der Waals surface area (Å²) in [6.07, 6.45) is 3.37. The highest BCUT2D eigenvalue weighted by atomic mass is 32.2. The van der Waals surface area contributed by atoms with Crippen molar-refractivity contribution in [2.75, 3.05) is 6.26 Å². The van der Waals surface area contributed by atoms with Crippen LogP contribution in [0.4, 0.5) is 18.9 Å². The largest absolute Gasteiger partial charge is 0.446 e. The Bertz CT molecular complexity index is 521. The van der Waals surface area contributed by atoms with Gasteiger partial charge in [-0.25, -0.2) is 4.99 Å². The van der Waals surface area contributed by atoms with Crippen LogP contribution < -0.4 is 5.32 Å². The number of aliphatic imine (C=N–C) groups is 1. The Kier molecular flexibility index (Phi) is 5.57. The van der Waals surface area contributed by atoms with Crippen molar-refractivity contribution in [3.8, 4) is 6.19 Å². The molecule has 0 spiro atoms. The molecule has 0 amide bonds. The lowest BCUT2D eigenvalue weighted by Crippen LogP contribution is -2.12. The third kappa shape index (κ3) is 5.44. The van der Waals surface area contributed by atoms with Crippen molar-refractivity contribution in [1.29, 1.82) is 5.26 Å². The molecule has 0 aromatic heterocycles. The summed E-state index contributed by atoms with van der Waals surface area (Å²) in [5.41, 5.74) is -3.39. The summed E-state index contributed by atoms with van der Waals surface area (Å²) in [5, 5.41) is 11.1. The van der Waals surface area contributed by atoms with E-state index in [4.69, 9.17) is 5.26 Å². The fourth-order valence-electron chi connectivity index (χ4n) is 1.21. The maximum atomic E-state index is 12.4. The van der Waals surface area contributed by atoms with E-state index < -0.39 is 5.51 Å². The number of benzene rings is 1. The molecule has 0 unspecified atom stereocenters. The predicted molar refractivity (Wildman–Crippen MR) is 72.4 cm³/mol. The summed E-state index contributed by atoms with van der Waals surface area (Å²) in [6, 6.07) is 4.50. The molecule has 8 heteroatoms. The molecule has 3 nitrogen and oxygen atoms in total. The Morgan fingerprint density at radius 3 is 2.63 bits per heavy atom. The smallest absolute Gasteiger partial charge is 0.271 e. The van der Waals surface area contributed by atoms with Crippen LogP contribution >= 0.6 is 23.5 Å². The van der Waals surface area contributed by atoms with Crippen molar-refractivity contribution in [3.63, 3.8) is 0 Å². The molecule has 0 aliphatic heterocycles. The van der Waals surface area contributed by atoms with Crippen molar-refractivity contribution < 1.29 is 13.2 Å². The minimum absolute atomic E-state index is 0.00406. The number of hydrogen-bond acceptors (Lipinski definition) is 4. The number of nitrogens with one attached hydrogen (secondary N) is 1. The van der Waals surface area contributed by atoms with E-state index in [0.717, 1.165) is 17.3 Å². The highest BCUT2D eigenvalue weighted by molar-refractivity contribution is 8.13. The van der Waals surface area contributed by atoms with E-state index >= 15 is 0 Å². The lowest BCUT2D eigenvalue weighted by atomic mass is 10.2. The molecule has 1 rings (SSSR count). The average Bonchev–Trinajstić information content (AvgIpc) is 2.30. The second-order valence-corrected chi connectivity index (χ2v) is 5.28. The predicted octanol–water partition coefficient (Wildman–Crippen LogP) is 4.03. The first kappa shape index (κ1) is 15.7. The van der Waals surface area contributed by atoms with Gasteiger partial charge in [0.25, 0.3) is 0 Å². The minimum Gasteiger partial charge on any atom is -0.271 e. The lowest BCUT2D eigenvalue weighted by molar-refractivity contribution is -0.0328. The molecule has 19 heavy (non-hydrogen) atoms. The summed E-state index contributed by atoms with van der Waals surface area (Å²) in [7, 11) is 0. The first-order valence-electron chi connectivity index (χ1n) is 5.00. The van der Waals surface area contributed by atoms with Crippen LogP contribution in [0.3, 0.4) is 0 Å². The van der Waals surface area contributed by atoms with E-state index in [0.29, 0.717) is 0 Å². The van der Waals surface area contributed by atoms with Gasteiger partial charge in [-0.2, -0.15) is 18.4 Å². The molecule has 0 saturated heterocycles. The van der Waals surface area contributed by atoms with Crippen molar-refractivity contribution in [2.24, 2.45) is 4.99 Å². The number of amidine groups is 1. The Morgan fingerprint density at radius 2 is 2.11 bits per heavy atom. The number of aryl methyl sites for hydroxylation is 1. The maximum absolute atomic E-state index is 12.4. The van der Waals surface area contributed by atoms with Crippen molar-refractivity contribution in [3.05, 3.63) is 23.8 Å². The zero-order valence-electron chi connectivity index (χ0n) is 10.1. The number of nitrogens with zero attached hydrogens (tertiary/aromatic N) is 2. The van der Waals surface area contributed by atoms with Gasteiger partial charge in [0.1, 0.15) is 0 Å². The molecule has 1 N–H and O–H groups in total. The van der Waals surface area contributed by atoms with Crippen LogP contribution in [0, 0.1) is 18.4 Å². The summed E-state index contributed by atoms with van der Waals surface area (Å²) < 4.78 is 37.3. The van der Waals surface area contributed by atoms with Crippen LogP contribution in [0.5, 0.6) is 0 Å². The molecular weight excluding hydrogens is 295 g/mol. The molecule has 0 aliphatic rings. The maximum Gasteiger partial charge on any atom is 0.446 e. The molecule has 0 bridgehead atoms. The second kappa shape index (κ2) is 6.73. The summed E-state index contributed by atoms with van der Waals surface area (Å²) in [4.78, 5) is 4.04. The highest BCUT2D eigenvalue weighted by Crippen LogP contribution is 2.41. The van der Waals surface area contributed by atoms with Crippen LogP contribution in [0.15, 0.2) is 28.1 Å². The van der Waals surface area contributed by atoms with Crippen LogP contribution in [0.25, 0.3) is 0 Å². The van der Waals surface area contributed by atoms with E-state index in [1.165, 1.54) is 6.07 Å². The van der Waals surface area contributed by atoms with Gasteiger partial charge in [-0.05, 0) is 42.6 Å². The van der Waals surface area contributed by atoms with E-state index in [9.17, 15) is 13.2 Å². The molecule has 0 radical (unpaired) electrons. The third-order valence-electron chi connectivity index (χ3n) is 1.92. The number of hydrogen-bond donors (Lipinski definition) is 1. The van der Waals surface area contributed by atoms with Crippen LogP contribution in [0.2, 0.25) is 0 Å². The molecule has 1 aromatic rings. The fourth-order valence-corrected chi connectivity index (χ4v) is 2.14. The molecule has 0 atom stereocenters. The van der Waals surface area contributed by atoms with Gasteiger partial charge in [-0.3, -0.25) is 5.32 Å². The van der Waals surface area contributed by atoms with E-state index in [2.05, 4.69) is 10.3 Å². The van der Waals surface area contributed by atoms with Gasteiger partial charge in [0.15, 0.2) is 11.4 Å². The van der Waals surface area contributed by atoms with Crippen molar-refractivity contribution in [2.45, 2.75) is 17.3 Å². The van der Waals surface area contributed by atoms with Crippen LogP contribution in [-0.4, -0.2) is 16.9 Å². The van der Waals surface area contributed by atoms with Gasteiger partial charge < -0.3 is 0 Å². The summed E-state index contributed by atoms with van der Waals surface area (Å²) >= 11 is 0.927. The van der Waals surface area contributed by atoms with E-state index in [-0.39, 0.29) is 27.5 Å². The first-order chi connectivity index (χ1) is 8.85. The fraction of sp³-hybridized carbons (Fsp3) is 0.273. The van der Waals surface area contributed by atoms with Gasteiger partial charge in [0.05, 0.1) is 5.69 Å². The van der Waals surface area contributed by atoms with E-state index in [1.807, 2.05) is 0 Å². The number of rotatable bonds is 2. The van der Waals surface area contributed by atoms with Crippen LogP contribution in [0.1, 0.15) is 5.56 Å². The molecule has 0 heterocycles. The number of thioether (sulfide) groups is 2. The molecule has 0 saturated carbocycles. The van der Waals surface area contributed by atoms with E-state index in [1.54, 1.807) is 31.5 Å². The second-order valence-electron chi connectivity index (χ2n) is 3.38. The highest BCUT2D eigenvalue weighted by Gasteiger charge is 2.30. The lowest BCUT2D eigenvalue weighted by Gasteiger charge is -2.10. The van der Waals surface area contributed by atoms with Gasteiger partial charge in [-0.1, -0.05) is 17.8 Å². The van der Waals surface area contributed by atoms with Crippen molar-refractivity contribution >= 4 is 34.4 Å². The monoisotopic (exact) mass is 305 g/mol. The molecule has 102 valence electrons. The van der Waals surface area contributed by atoms with Gasteiger partial charge in [0, 0.05) is 4.90 Å². The Morgan fingerprint density at radius 1 is 1.42 bits per heavy atom. The normalized spacial score (nSPS) is 12.1. The zero-order chi connectivity index (χ0) is 14.5. The van der Waals surface area contributed by atoms with Crippen LogP contribution in [-0.2, 0) is 0 Å². The standard InChI is InChI=1S/C11H10F3N3S2/c1-7-3-4-9(19-11(12,13)14)8(5-7)17-10(18-2)16-6-15/h3-5H,1-2H3,(H,16,17).